The maximum absolute atomic E-state index is 13.3. The van der Waals surface area contributed by atoms with Gasteiger partial charge in [0.25, 0.3) is 0 Å². The molecule has 0 radical (unpaired) electrons. The van der Waals surface area contributed by atoms with Crippen LogP contribution in [-0.2, 0) is 11.8 Å². The number of amides is 1. The van der Waals surface area contributed by atoms with Gasteiger partial charge in [0, 0.05) is 44.4 Å². The van der Waals surface area contributed by atoms with E-state index in [1.54, 1.807) is 35.0 Å². The van der Waals surface area contributed by atoms with Crippen LogP contribution in [0.4, 0.5) is 4.39 Å². The first-order chi connectivity index (χ1) is 11.9. The smallest absolute Gasteiger partial charge is 0.224 e. The minimum Gasteiger partial charge on any atom is -0.387 e. The summed E-state index contributed by atoms with van der Waals surface area (Å²) in [5.41, 5.74) is 2.51. The number of nitrogens with one attached hydrogen (secondary N) is 1. The van der Waals surface area contributed by atoms with Crippen LogP contribution in [0, 0.1) is 12.7 Å². The largest absolute Gasteiger partial charge is 0.387 e. The van der Waals surface area contributed by atoms with Crippen LogP contribution >= 0.6 is 0 Å². The number of hydrogen-bond donors (Lipinski definition) is 2. The third-order valence-electron chi connectivity index (χ3n) is 4.99. The molecule has 1 fully saturated rings. The van der Waals surface area contributed by atoms with E-state index in [9.17, 15) is 14.3 Å². The number of aromatic nitrogens is 2. The Hall–Kier alpha value is -2.25. The Bertz CT molecular complexity index is 776. The van der Waals surface area contributed by atoms with Crippen molar-refractivity contribution in [2.75, 3.05) is 13.6 Å². The minimum absolute atomic E-state index is 0.0472. The number of rotatable bonds is 5. The summed E-state index contributed by atoms with van der Waals surface area (Å²) in [7, 11) is 3.65. The van der Waals surface area contributed by atoms with Crippen molar-refractivity contribution in [1.82, 2.24) is 20.0 Å². The Kier molecular flexibility index (Phi) is 4.87. The molecule has 2 aromatic rings. The van der Waals surface area contributed by atoms with Crippen molar-refractivity contribution in [3.05, 3.63) is 53.1 Å². The van der Waals surface area contributed by atoms with Crippen LogP contribution in [-0.4, -0.2) is 45.3 Å². The molecule has 0 aliphatic carbocycles. The summed E-state index contributed by atoms with van der Waals surface area (Å²) in [6.07, 6.45) is 1.30. The van der Waals surface area contributed by atoms with Crippen LogP contribution in [0.25, 0.3) is 0 Å². The highest BCUT2D eigenvalue weighted by Crippen LogP contribution is 2.33. The molecule has 1 aliphatic rings. The first kappa shape index (κ1) is 17.6. The summed E-state index contributed by atoms with van der Waals surface area (Å²) in [6, 6.07) is 5.65. The van der Waals surface area contributed by atoms with Gasteiger partial charge in [-0.25, -0.2) is 4.39 Å². The van der Waals surface area contributed by atoms with Crippen molar-refractivity contribution < 1.29 is 14.3 Å². The van der Waals surface area contributed by atoms with E-state index < -0.39 is 6.10 Å². The number of carbonyl (C=O) groups is 1. The van der Waals surface area contributed by atoms with Gasteiger partial charge in [0.2, 0.25) is 5.91 Å². The third kappa shape index (κ3) is 3.43. The van der Waals surface area contributed by atoms with Gasteiger partial charge >= 0.3 is 0 Å². The first-order valence-corrected chi connectivity index (χ1v) is 8.29. The van der Waals surface area contributed by atoms with Crippen LogP contribution in [0.2, 0.25) is 0 Å². The molecule has 6 nitrogen and oxygen atoms in total. The highest BCUT2D eigenvalue weighted by atomic mass is 19.1. The van der Waals surface area contributed by atoms with E-state index >= 15 is 0 Å². The predicted octanol–water partition coefficient (Wildman–Crippen LogP) is 1.46. The zero-order chi connectivity index (χ0) is 18.1. The Balaban J connectivity index is 1.74. The summed E-state index contributed by atoms with van der Waals surface area (Å²) < 4.78 is 15.1. The summed E-state index contributed by atoms with van der Waals surface area (Å²) in [5.74, 6) is -0.331. The molecule has 1 aromatic carbocycles. The van der Waals surface area contributed by atoms with E-state index in [-0.39, 0.29) is 30.4 Å². The molecule has 2 heterocycles. The molecule has 0 saturated carbocycles. The second-order valence-electron chi connectivity index (χ2n) is 6.55. The average Bonchev–Trinajstić information content (AvgIpc) is 3.05. The quantitative estimate of drug-likeness (QED) is 0.860. The van der Waals surface area contributed by atoms with E-state index in [4.69, 9.17) is 0 Å². The lowest BCUT2D eigenvalue weighted by molar-refractivity contribution is -0.127. The standard InChI is InChI=1S/C18H23FN4O2/c1-11-14(9-21-23(11)3)18-15(8-17(25)22(18)2)20-10-16(24)12-5-4-6-13(19)7-12/h4-7,9,15-16,18,20,24H,8,10H2,1-3H3/t15-,16+,18+/m1/s1. The van der Waals surface area contributed by atoms with Gasteiger partial charge in [0.15, 0.2) is 0 Å². The highest BCUT2D eigenvalue weighted by Gasteiger charge is 2.40. The normalized spacial score (nSPS) is 21.8. The number of carbonyl (C=O) groups excluding carboxylic acids is 1. The number of halogens is 1. The lowest BCUT2D eigenvalue weighted by atomic mass is 10.0. The minimum atomic E-state index is -0.840. The van der Waals surface area contributed by atoms with Gasteiger partial charge in [0.05, 0.1) is 18.3 Å². The van der Waals surface area contributed by atoms with Crippen LogP contribution in [0.15, 0.2) is 30.5 Å². The van der Waals surface area contributed by atoms with Crippen molar-refractivity contribution in [1.29, 1.82) is 0 Å². The fourth-order valence-corrected chi connectivity index (χ4v) is 3.38. The average molecular weight is 346 g/mol. The molecule has 1 aliphatic heterocycles. The predicted molar refractivity (Wildman–Crippen MR) is 91.2 cm³/mol. The molecule has 1 aromatic heterocycles. The monoisotopic (exact) mass is 346 g/mol. The van der Waals surface area contributed by atoms with Gasteiger partial charge in [-0.2, -0.15) is 5.10 Å². The lowest BCUT2D eigenvalue weighted by Gasteiger charge is -2.26. The second-order valence-corrected chi connectivity index (χ2v) is 6.55. The van der Waals surface area contributed by atoms with Gasteiger partial charge in [-0.05, 0) is 24.6 Å². The van der Waals surface area contributed by atoms with Crippen molar-refractivity contribution in [3.63, 3.8) is 0 Å². The van der Waals surface area contributed by atoms with E-state index in [0.717, 1.165) is 11.3 Å². The number of nitrogens with zero attached hydrogens (tertiary/aromatic N) is 3. The van der Waals surface area contributed by atoms with Crippen molar-refractivity contribution in [2.45, 2.75) is 31.5 Å². The van der Waals surface area contributed by atoms with Gasteiger partial charge in [-0.3, -0.25) is 9.48 Å². The molecule has 0 bridgehead atoms. The van der Waals surface area contributed by atoms with E-state index in [0.29, 0.717) is 12.0 Å². The zero-order valence-corrected chi connectivity index (χ0v) is 14.6. The topological polar surface area (TPSA) is 70.4 Å². The number of aryl methyl sites for hydroxylation is 1. The van der Waals surface area contributed by atoms with Crippen LogP contribution in [0.1, 0.15) is 35.4 Å². The van der Waals surface area contributed by atoms with E-state index in [1.807, 2.05) is 14.0 Å². The molecule has 7 heteroatoms. The Labute approximate surface area is 146 Å². The number of aliphatic hydroxyl groups excluding tert-OH is 1. The van der Waals surface area contributed by atoms with Gasteiger partial charge in [0.1, 0.15) is 5.82 Å². The maximum atomic E-state index is 13.3. The Morgan fingerprint density at radius 2 is 2.20 bits per heavy atom. The molecule has 134 valence electrons. The summed E-state index contributed by atoms with van der Waals surface area (Å²) in [5, 5.41) is 17.8. The van der Waals surface area contributed by atoms with Crippen molar-refractivity contribution >= 4 is 5.91 Å². The summed E-state index contributed by atoms with van der Waals surface area (Å²) >= 11 is 0. The van der Waals surface area contributed by atoms with Gasteiger partial charge in [-0.15, -0.1) is 0 Å². The summed E-state index contributed by atoms with van der Waals surface area (Å²) in [6.45, 7) is 2.21. The molecule has 3 atom stereocenters. The number of likely N-dealkylation sites (N-methyl/N-ethyl adjacent to an activating group) is 1. The molecular formula is C18H23FN4O2. The third-order valence-corrected chi connectivity index (χ3v) is 4.99. The second kappa shape index (κ2) is 6.93. The molecule has 2 N–H and O–H groups in total. The fraction of sp³-hybridized carbons (Fsp3) is 0.444. The Morgan fingerprint density at radius 3 is 2.84 bits per heavy atom. The van der Waals surface area contributed by atoms with Crippen LogP contribution in [0.5, 0.6) is 0 Å². The molecule has 1 saturated heterocycles. The van der Waals surface area contributed by atoms with Crippen molar-refractivity contribution in [3.8, 4) is 0 Å². The van der Waals surface area contributed by atoms with Gasteiger partial charge < -0.3 is 15.3 Å². The maximum Gasteiger partial charge on any atom is 0.224 e. The SMILES string of the molecule is Cc1c([C@H]2[C@H](NC[C@H](O)c3cccc(F)c3)CC(=O)N2C)cnn1C. The van der Waals surface area contributed by atoms with E-state index in [2.05, 4.69) is 10.4 Å². The first-order valence-electron chi connectivity index (χ1n) is 8.29. The van der Waals surface area contributed by atoms with Crippen LogP contribution < -0.4 is 5.32 Å². The van der Waals surface area contributed by atoms with Crippen LogP contribution in [0.3, 0.4) is 0 Å². The molecule has 3 rings (SSSR count). The number of aliphatic hydroxyl groups is 1. The van der Waals surface area contributed by atoms with Gasteiger partial charge in [-0.1, -0.05) is 12.1 Å². The Morgan fingerprint density at radius 1 is 1.44 bits per heavy atom. The summed E-state index contributed by atoms with van der Waals surface area (Å²) in [4.78, 5) is 13.9. The number of benzene rings is 1. The van der Waals surface area contributed by atoms with Crippen molar-refractivity contribution in [2.24, 2.45) is 7.05 Å². The molecule has 1 amide bonds. The van der Waals surface area contributed by atoms with E-state index in [1.165, 1.54) is 12.1 Å². The highest BCUT2D eigenvalue weighted by molar-refractivity contribution is 5.80. The lowest BCUT2D eigenvalue weighted by Crippen LogP contribution is -2.37. The molecular weight excluding hydrogens is 323 g/mol. The molecule has 0 spiro atoms. The zero-order valence-electron chi connectivity index (χ0n) is 14.6. The molecule has 0 unspecified atom stereocenters. The molecule has 25 heavy (non-hydrogen) atoms. The fourth-order valence-electron chi connectivity index (χ4n) is 3.38. The number of hydrogen-bond acceptors (Lipinski definition) is 4. The number of likely N-dealkylation sites (tertiary alicyclic amines) is 1.